The summed E-state index contributed by atoms with van der Waals surface area (Å²) in [6.07, 6.45) is 3.91. The molecule has 0 saturated heterocycles. The summed E-state index contributed by atoms with van der Waals surface area (Å²) in [5.41, 5.74) is 2.17. The smallest absolute Gasteiger partial charge is 0.139 e. The molecule has 0 atom stereocenters. The number of hydrogen-bond donors (Lipinski definition) is 2. The lowest BCUT2D eigenvalue weighted by Crippen LogP contribution is -2.08. The van der Waals surface area contributed by atoms with Gasteiger partial charge in [-0.15, -0.1) is 0 Å². The predicted molar refractivity (Wildman–Crippen MR) is 56.6 cm³/mol. The van der Waals surface area contributed by atoms with E-state index >= 15 is 0 Å². The van der Waals surface area contributed by atoms with Gasteiger partial charge in [-0.05, 0) is 30.9 Å². The van der Waals surface area contributed by atoms with E-state index in [2.05, 4.69) is 11.1 Å². The number of nitrogens with one attached hydrogen (secondary N) is 1. The molecule has 1 aliphatic carbocycles. The molecule has 1 aromatic carbocycles. The van der Waals surface area contributed by atoms with E-state index in [0.717, 1.165) is 10.9 Å². The van der Waals surface area contributed by atoms with Gasteiger partial charge in [-0.25, -0.2) is 0 Å². The second-order valence-corrected chi connectivity index (χ2v) is 4.09. The number of benzene rings is 1. The summed E-state index contributed by atoms with van der Waals surface area (Å²) in [5, 5.41) is 10.7. The molecule has 1 saturated carbocycles. The highest BCUT2D eigenvalue weighted by Gasteiger charge is 2.21. The Morgan fingerprint density at radius 2 is 2.14 bits per heavy atom. The fourth-order valence-corrected chi connectivity index (χ4v) is 2.10. The monoisotopic (exact) mass is 187 g/mol. The lowest BCUT2D eigenvalue weighted by atomic mass is 9.83. The van der Waals surface area contributed by atoms with Crippen LogP contribution in [0.4, 0.5) is 0 Å². The van der Waals surface area contributed by atoms with Crippen molar-refractivity contribution in [3.05, 3.63) is 30.0 Å². The Labute approximate surface area is 82.6 Å². The largest absolute Gasteiger partial charge is 0.506 e. The Morgan fingerprint density at radius 1 is 1.29 bits per heavy atom. The zero-order valence-electron chi connectivity index (χ0n) is 7.96. The quantitative estimate of drug-likeness (QED) is 0.706. The van der Waals surface area contributed by atoms with Crippen molar-refractivity contribution in [3.63, 3.8) is 0 Å². The molecule has 2 aromatic rings. The minimum atomic E-state index is 0.355. The zero-order valence-corrected chi connectivity index (χ0v) is 7.96. The Balaban J connectivity index is 2.15. The Bertz CT molecular complexity index is 468. The van der Waals surface area contributed by atoms with Gasteiger partial charge in [-0.1, -0.05) is 18.6 Å². The topological polar surface area (TPSA) is 36.0 Å². The molecule has 0 amide bonds. The molecule has 14 heavy (non-hydrogen) atoms. The molecule has 3 rings (SSSR count). The normalized spacial score (nSPS) is 17.1. The standard InChI is InChI=1S/C12H13NO/c14-11-6-2-5-9-7-10(13-12(9)11)8-3-1-4-8/h2,5-8,13-14H,1,3-4H2. The number of phenols is 1. The third kappa shape index (κ3) is 1.03. The van der Waals surface area contributed by atoms with Crippen LogP contribution in [-0.2, 0) is 0 Å². The van der Waals surface area contributed by atoms with Gasteiger partial charge in [0.05, 0.1) is 5.52 Å². The van der Waals surface area contributed by atoms with Gasteiger partial charge in [0.25, 0.3) is 0 Å². The molecule has 1 fully saturated rings. The molecule has 0 aliphatic heterocycles. The van der Waals surface area contributed by atoms with Gasteiger partial charge < -0.3 is 10.1 Å². The maximum atomic E-state index is 9.63. The van der Waals surface area contributed by atoms with Crippen molar-refractivity contribution in [3.8, 4) is 5.75 Å². The molecule has 0 unspecified atom stereocenters. The number of aromatic nitrogens is 1. The summed E-state index contributed by atoms with van der Waals surface area (Å²) in [7, 11) is 0. The zero-order chi connectivity index (χ0) is 9.54. The van der Waals surface area contributed by atoms with Crippen LogP contribution >= 0.6 is 0 Å². The summed E-state index contributed by atoms with van der Waals surface area (Å²) in [6, 6.07) is 7.81. The summed E-state index contributed by atoms with van der Waals surface area (Å²) < 4.78 is 0. The summed E-state index contributed by atoms with van der Waals surface area (Å²) >= 11 is 0. The summed E-state index contributed by atoms with van der Waals surface area (Å²) in [4.78, 5) is 3.32. The van der Waals surface area contributed by atoms with Crippen molar-refractivity contribution in [1.29, 1.82) is 0 Å². The van der Waals surface area contributed by atoms with Crippen LogP contribution in [0.2, 0.25) is 0 Å². The average Bonchev–Trinajstić information content (AvgIpc) is 2.46. The Kier molecular flexibility index (Phi) is 1.57. The van der Waals surface area contributed by atoms with Crippen LogP contribution < -0.4 is 0 Å². The van der Waals surface area contributed by atoms with Gasteiger partial charge >= 0.3 is 0 Å². The Morgan fingerprint density at radius 3 is 2.79 bits per heavy atom. The fourth-order valence-electron chi connectivity index (χ4n) is 2.10. The molecule has 0 bridgehead atoms. The van der Waals surface area contributed by atoms with E-state index < -0.39 is 0 Å². The van der Waals surface area contributed by atoms with Crippen LogP contribution in [0.1, 0.15) is 30.9 Å². The lowest BCUT2D eigenvalue weighted by Gasteiger charge is -2.23. The first kappa shape index (κ1) is 7.92. The third-order valence-corrected chi connectivity index (χ3v) is 3.20. The number of hydrogen-bond acceptors (Lipinski definition) is 1. The van der Waals surface area contributed by atoms with Crippen LogP contribution in [0, 0.1) is 0 Å². The minimum Gasteiger partial charge on any atom is -0.506 e. The van der Waals surface area contributed by atoms with Gasteiger partial charge in [0, 0.05) is 11.1 Å². The number of H-pyrrole nitrogens is 1. The predicted octanol–water partition coefficient (Wildman–Crippen LogP) is 3.14. The molecular weight excluding hydrogens is 174 g/mol. The van der Waals surface area contributed by atoms with Gasteiger partial charge in [-0.2, -0.15) is 0 Å². The maximum Gasteiger partial charge on any atom is 0.139 e. The van der Waals surface area contributed by atoms with Crippen molar-refractivity contribution in [2.24, 2.45) is 0 Å². The molecule has 2 N–H and O–H groups in total. The second-order valence-electron chi connectivity index (χ2n) is 4.09. The highest BCUT2D eigenvalue weighted by atomic mass is 16.3. The van der Waals surface area contributed by atoms with Crippen LogP contribution in [0.25, 0.3) is 10.9 Å². The number of aromatic hydroxyl groups is 1. The summed E-state index contributed by atoms with van der Waals surface area (Å²) in [6.45, 7) is 0. The number of para-hydroxylation sites is 1. The maximum absolute atomic E-state index is 9.63. The number of rotatable bonds is 1. The van der Waals surface area contributed by atoms with E-state index in [1.165, 1.54) is 25.0 Å². The highest BCUT2D eigenvalue weighted by molar-refractivity contribution is 5.85. The third-order valence-electron chi connectivity index (χ3n) is 3.20. The van der Waals surface area contributed by atoms with Crippen molar-refractivity contribution in [2.45, 2.75) is 25.2 Å². The van der Waals surface area contributed by atoms with Gasteiger partial charge in [-0.3, -0.25) is 0 Å². The molecule has 1 heterocycles. The SMILES string of the molecule is Oc1cccc2cc(C3CCC3)[nH]c12. The van der Waals surface area contributed by atoms with Crippen molar-refractivity contribution < 1.29 is 5.11 Å². The van der Waals surface area contributed by atoms with Crippen molar-refractivity contribution >= 4 is 10.9 Å². The Hall–Kier alpha value is -1.44. The first-order valence-corrected chi connectivity index (χ1v) is 5.15. The average molecular weight is 187 g/mol. The summed E-state index contributed by atoms with van der Waals surface area (Å²) in [5.74, 6) is 1.05. The van der Waals surface area contributed by atoms with Crippen LogP contribution in [0.5, 0.6) is 5.75 Å². The van der Waals surface area contributed by atoms with E-state index in [1.54, 1.807) is 6.07 Å². The first-order valence-electron chi connectivity index (χ1n) is 5.15. The van der Waals surface area contributed by atoms with E-state index in [4.69, 9.17) is 0 Å². The van der Waals surface area contributed by atoms with Gasteiger partial charge in [0.15, 0.2) is 0 Å². The molecule has 2 nitrogen and oxygen atoms in total. The van der Waals surface area contributed by atoms with Crippen molar-refractivity contribution in [1.82, 2.24) is 4.98 Å². The molecule has 1 aliphatic rings. The number of fused-ring (bicyclic) bond motifs is 1. The number of aromatic amines is 1. The lowest BCUT2D eigenvalue weighted by molar-refractivity contribution is 0.413. The fraction of sp³-hybridized carbons (Fsp3) is 0.333. The molecule has 0 spiro atoms. The highest BCUT2D eigenvalue weighted by Crippen LogP contribution is 2.38. The van der Waals surface area contributed by atoms with Gasteiger partial charge in [0.2, 0.25) is 0 Å². The van der Waals surface area contributed by atoms with E-state index in [9.17, 15) is 5.11 Å². The minimum absolute atomic E-state index is 0.355. The van der Waals surface area contributed by atoms with Crippen LogP contribution in [0.3, 0.4) is 0 Å². The first-order chi connectivity index (χ1) is 6.84. The molecule has 0 radical (unpaired) electrons. The van der Waals surface area contributed by atoms with Crippen LogP contribution in [-0.4, -0.2) is 10.1 Å². The second kappa shape index (κ2) is 2.77. The molecule has 72 valence electrons. The van der Waals surface area contributed by atoms with Crippen molar-refractivity contribution in [2.75, 3.05) is 0 Å². The van der Waals surface area contributed by atoms with E-state index in [-0.39, 0.29) is 0 Å². The molecule has 2 heteroatoms. The van der Waals surface area contributed by atoms with Crippen LogP contribution in [0.15, 0.2) is 24.3 Å². The molecule has 1 aromatic heterocycles. The number of phenolic OH excluding ortho intramolecular Hbond substituents is 1. The van der Waals surface area contributed by atoms with E-state index in [0.29, 0.717) is 11.7 Å². The molecular formula is C12H13NO. The van der Waals surface area contributed by atoms with E-state index in [1.807, 2.05) is 12.1 Å². The van der Waals surface area contributed by atoms with Gasteiger partial charge in [0.1, 0.15) is 5.75 Å².